The van der Waals surface area contributed by atoms with E-state index in [4.69, 9.17) is 4.74 Å². The number of ether oxygens (including phenoxy) is 1. The zero-order valence-electron chi connectivity index (χ0n) is 17.2. The summed E-state index contributed by atoms with van der Waals surface area (Å²) >= 11 is 0. The van der Waals surface area contributed by atoms with Crippen molar-refractivity contribution in [2.24, 2.45) is 4.99 Å². The average molecular weight is 444 g/mol. The van der Waals surface area contributed by atoms with Gasteiger partial charge in [0.05, 0.1) is 21.6 Å². The Hall–Kier alpha value is -4.86. The lowest BCUT2D eigenvalue weighted by atomic mass is 10.1. The van der Waals surface area contributed by atoms with Crippen molar-refractivity contribution in [3.8, 4) is 5.75 Å². The fraction of sp³-hybridized carbons (Fsp3) is 0.0435. The van der Waals surface area contributed by atoms with Crippen LogP contribution in [-0.4, -0.2) is 21.8 Å². The molecule has 1 aliphatic heterocycles. The number of carbonyl (C=O) groups is 1. The summed E-state index contributed by atoms with van der Waals surface area (Å²) in [7, 11) is 0. The van der Waals surface area contributed by atoms with Crippen LogP contribution in [0.1, 0.15) is 11.1 Å². The molecule has 33 heavy (non-hydrogen) atoms. The summed E-state index contributed by atoms with van der Waals surface area (Å²) in [5, 5.41) is 22.8. The first kappa shape index (κ1) is 21.4. The van der Waals surface area contributed by atoms with Crippen molar-refractivity contribution >= 4 is 35.1 Å². The van der Waals surface area contributed by atoms with Gasteiger partial charge >= 0.3 is 11.7 Å². The maximum absolute atomic E-state index is 13.2. The van der Waals surface area contributed by atoms with Gasteiger partial charge in [0.15, 0.2) is 0 Å². The Balaban J connectivity index is 1.82. The van der Waals surface area contributed by atoms with Gasteiger partial charge in [0, 0.05) is 11.6 Å². The molecule has 1 aliphatic rings. The van der Waals surface area contributed by atoms with Gasteiger partial charge in [-0.25, -0.2) is 4.90 Å². The van der Waals surface area contributed by atoms with E-state index in [2.05, 4.69) is 4.99 Å². The third-order valence-electron chi connectivity index (χ3n) is 4.79. The third-order valence-corrected chi connectivity index (χ3v) is 4.79. The Labute approximate surface area is 187 Å². The molecule has 0 N–H and O–H groups in total. The largest absolute Gasteiger partial charge is 0.417 e. The van der Waals surface area contributed by atoms with Crippen LogP contribution in [0.2, 0.25) is 0 Å². The normalized spacial score (nSPS) is 14.3. The van der Waals surface area contributed by atoms with Crippen LogP contribution in [0.15, 0.2) is 83.5 Å². The first-order valence-electron chi connectivity index (χ1n) is 9.71. The van der Waals surface area contributed by atoms with Crippen molar-refractivity contribution in [3.63, 3.8) is 0 Å². The fourth-order valence-electron chi connectivity index (χ4n) is 3.28. The van der Waals surface area contributed by atoms with E-state index < -0.39 is 27.1 Å². The molecule has 0 aliphatic carbocycles. The highest BCUT2D eigenvalue weighted by Gasteiger charge is 2.36. The summed E-state index contributed by atoms with van der Waals surface area (Å²) in [5.74, 6) is -0.721. The molecule has 0 radical (unpaired) electrons. The molecule has 3 aromatic carbocycles. The highest BCUT2D eigenvalue weighted by molar-refractivity contribution is 6.27. The number of nitrogens with zero attached hydrogens (tertiary/aromatic N) is 4. The van der Waals surface area contributed by atoms with E-state index >= 15 is 0 Å². The summed E-state index contributed by atoms with van der Waals surface area (Å²) in [6.07, 6.45) is 1.58. The number of rotatable bonds is 5. The summed E-state index contributed by atoms with van der Waals surface area (Å²) < 4.78 is 5.79. The maximum Gasteiger partial charge on any atom is 0.318 e. The second kappa shape index (κ2) is 8.71. The minimum atomic E-state index is -0.778. The number of amidine groups is 1. The van der Waals surface area contributed by atoms with E-state index in [0.717, 1.165) is 17.7 Å². The number of para-hydroxylation sites is 1. The van der Waals surface area contributed by atoms with E-state index in [1.54, 1.807) is 48.5 Å². The SMILES string of the molecule is Cc1cc([N+](=O)[O-])cc([N+](=O)[O-])c1OC1=N/C(=C/c2ccccc2)C(=O)N1c1ccccc1. The lowest BCUT2D eigenvalue weighted by Crippen LogP contribution is -2.35. The van der Waals surface area contributed by atoms with Crippen LogP contribution < -0.4 is 9.64 Å². The van der Waals surface area contributed by atoms with Crippen LogP contribution in [0.25, 0.3) is 6.08 Å². The number of anilines is 1. The van der Waals surface area contributed by atoms with Gasteiger partial charge < -0.3 is 4.74 Å². The van der Waals surface area contributed by atoms with Crippen LogP contribution in [0.4, 0.5) is 17.1 Å². The topological polar surface area (TPSA) is 128 Å². The van der Waals surface area contributed by atoms with E-state index in [1.807, 2.05) is 18.2 Å². The number of hydrogen-bond acceptors (Lipinski definition) is 7. The van der Waals surface area contributed by atoms with E-state index in [1.165, 1.54) is 11.8 Å². The molecular weight excluding hydrogens is 428 g/mol. The quantitative estimate of drug-likeness (QED) is 0.320. The molecule has 3 aromatic rings. The molecule has 10 nitrogen and oxygen atoms in total. The Bertz CT molecular complexity index is 1320. The average Bonchev–Trinajstić information content (AvgIpc) is 3.10. The molecule has 0 unspecified atom stereocenters. The highest BCUT2D eigenvalue weighted by Crippen LogP contribution is 2.37. The number of amides is 1. The Morgan fingerprint density at radius 2 is 1.58 bits per heavy atom. The van der Waals surface area contributed by atoms with Gasteiger partial charge in [-0.05, 0) is 30.7 Å². The van der Waals surface area contributed by atoms with Crippen LogP contribution in [0.3, 0.4) is 0 Å². The molecule has 1 amide bonds. The van der Waals surface area contributed by atoms with Gasteiger partial charge in [-0.2, -0.15) is 4.99 Å². The fourth-order valence-corrected chi connectivity index (χ4v) is 3.28. The van der Waals surface area contributed by atoms with E-state index in [0.29, 0.717) is 5.69 Å². The Morgan fingerprint density at radius 1 is 0.939 bits per heavy atom. The molecule has 1 heterocycles. The van der Waals surface area contributed by atoms with Crippen molar-refractivity contribution in [2.75, 3.05) is 4.90 Å². The van der Waals surface area contributed by atoms with Crippen LogP contribution in [0.5, 0.6) is 5.75 Å². The number of carbonyl (C=O) groups excluding carboxylic acids is 1. The van der Waals surface area contributed by atoms with Gasteiger partial charge in [0.25, 0.3) is 11.6 Å². The molecule has 0 aromatic heterocycles. The summed E-state index contributed by atoms with van der Waals surface area (Å²) in [6, 6.07) is 19.4. The van der Waals surface area contributed by atoms with Crippen LogP contribution >= 0.6 is 0 Å². The van der Waals surface area contributed by atoms with Crippen molar-refractivity contribution in [1.29, 1.82) is 0 Å². The van der Waals surface area contributed by atoms with Crippen LogP contribution in [0, 0.1) is 27.2 Å². The number of aryl methyl sites for hydroxylation is 1. The molecule has 0 atom stereocenters. The maximum atomic E-state index is 13.2. The molecule has 10 heteroatoms. The summed E-state index contributed by atoms with van der Waals surface area (Å²) in [6.45, 7) is 1.44. The first-order valence-corrected chi connectivity index (χ1v) is 9.71. The van der Waals surface area contributed by atoms with E-state index in [-0.39, 0.29) is 23.0 Å². The summed E-state index contributed by atoms with van der Waals surface area (Å²) in [4.78, 5) is 39.9. The second-order valence-electron chi connectivity index (χ2n) is 7.04. The molecular formula is C23H16N4O6. The van der Waals surface area contributed by atoms with Crippen molar-refractivity contribution < 1.29 is 19.4 Å². The first-order chi connectivity index (χ1) is 15.8. The van der Waals surface area contributed by atoms with Crippen molar-refractivity contribution in [2.45, 2.75) is 6.92 Å². The number of non-ortho nitro benzene ring substituents is 1. The van der Waals surface area contributed by atoms with Crippen molar-refractivity contribution in [3.05, 3.63) is 110 Å². The molecule has 4 rings (SSSR count). The number of nitro groups is 2. The molecule has 0 fully saturated rings. The number of aliphatic imine (C=N–C) groups is 1. The molecule has 0 saturated heterocycles. The summed E-state index contributed by atoms with van der Waals surface area (Å²) in [5.41, 5.74) is 0.351. The Kier molecular flexibility index (Phi) is 5.64. The van der Waals surface area contributed by atoms with Gasteiger partial charge in [-0.3, -0.25) is 25.0 Å². The zero-order valence-corrected chi connectivity index (χ0v) is 17.2. The lowest BCUT2D eigenvalue weighted by molar-refractivity contribution is -0.394. The monoisotopic (exact) mass is 444 g/mol. The zero-order chi connectivity index (χ0) is 23.5. The number of nitro benzene ring substituents is 2. The van der Waals surface area contributed by atoms with Gasteiger partial charge in [0.2, 0.25) is 5.75 Å². The highest BCUT2D eigenvalue weighted by atomic mass is 16.6. The van der Waals surface area contributed by atoms with E-state index in [9.17, 15) is 25.0 Å². The Morgan fingerprint density at radius 3 is 2.18 bits per heavy atom. The van der Waals surface area contributed by atoms with Crippen LogP contribution in [-0.2, 0) is 4.79 Å². The number of benzene rings is 3. The lowest BCUT2D eigenvalue weighted by Gasteiger charge is -2.18. The predicted molar refractivity (Wildman–Crippen MR) is 121 cm³/mol. The molecule has 0 saturated carbocycles. The van der Waals surface area contributed by atoms with Crippen molar-refractivity contribution in [1.82, 2.24) is 0 Å². The molecule has 0 spiro atoms. The standard InChI is InChI=1S/C23H16N4O6/c1-15-12-18(26(29)30)14-20(27(31)32)21(15)33-23-24-19(13-16-8-4-2-5-9-16)22(28)25(23)17-10-6-3-7-11-17/h2-14H,1H3/b19-13+. The minimum absolute atomic E-state index is 0.0715. The molecule has 164 valence electrons. The smallest absolute Gasteiger partial charge is 0.318 e. The predicted octanol–water partition coefficient (Wildman–Crippen LogP) is 4.63. The van der Waals surface area contributed by atoms with Gasteiger partial charge in [-0.1, -0.05) is 48.5 Å². The molecule has 0 bridgehead atoms. The number of hydrogen-bond donors (Lipinski definition) is 0. The van der Waals surface area contributed by atoms with Gasteiger partial charge in [-0.15, -0.1) is 0 Å². The minimum Gasteiger partial charge on any atom is -0.417 e. The van der Waals surface area contributed by atoms with Gasteiger partial charge in [0.1, 0.15) is 5.70 Å². The third kappa shape index (κ3) is 4.30. The second-order valence-corrected chi connectivity index (χ2v) is 7.04.